The van der Waals surface area contributed by atoms with E-state index in [1.807, 2.05) is 25.1 Å². The number of nitrogens with two attached hydrogens (primary N) is 1. The van der Waals surface area contributed by atoms with Crippen LogP contribution in [-0.4, -0.2) is 18.8 Å². The number of benzene rings is 1. The van der Waals surface area contributed by atoms with Crippen molar-refractivity contribution in [2.75, 3.05) is 13.2 Å². The third kappa shape index (κ3) is 2.85. The molecule has 100 valence electrons. The molecule has 0 bridgehead atoms. The molecule has 2 rings (SSSR count). The average molecular weight is 249 g/mol. The number of ether oxygens (including phenoxy) is 2. The Hall–Kier alpha value is -1.06. The summed E-state index contributed by atoms with van der Waals surface area (Å²) in [6.45, 7) is 5.59. The molecular weight excluding hydrogens is 226 g/mol. The molecule has 2 unspecified atom stereocenters. The van der Waals surface area contributed by atoms with Gasteiger partial charge in [-0.25, -0.2) is 0 Å². The van der Waals surface area contributed by atoms with Crippen LogP contribution in [-0.2, 0) is 4.74 Å². The molecule has 0 radical (unpaired) electrons. The van der Waals surface area contributed by atoms with E-state index in [-0.39, 0.29) is 11.6 Å². The minimum Gasteiger partial charge on any atom is -0.494 e. The predicted octanol–water partition coefficient (Wildman–Crippen LogP) is 3.04. The largest absolute Gasteiger partial charge is 0.494 e. The summed E-state index contributed by atoms with van der Waals surface area (Å²) in [5.41, 5.74) is 7.23. The zero-order valence-corrected chi connectivity index (χ0v) is 11.3. The summed E-state index contributed by atoms with van der Waals surface area (Å²) in [5.74, 6) is 0.879. The van der Waals surface area contributed by atoms with Gasteiger partial charge in [-0.05, 0) is 50.8 Å². The fraction of sp³-hybridized carbons (Fsp3) is 0.600. The van der Waals surface area contributed by atoms with Crippen LogP contribution in [0, 0.1) is 0 Å². The minimum atomic E-state index is -0.247. The predicted molar refractivity (Wildman–Crippen MR) is 72.7 cm³/mol. The molecule has 2 atom stereocenters. The Labute approximate surface area is 109 Å². The van der Waals surface area contributed by atoms with Gasteiger partial charge in [0, 0.05) is 6.61 Å². The van der Waals surface area contributed by atoms with E-state index < -0.39 is 0 Å². The Kier molecular flexibility index (Phi) is 4.25. The highest BCUT2D eigenvalue weighted by Crippen LogP contribution is 2.35. The van der Waals surface area contributed by atoms with Gasteiger partial charge in [0.25, 0.3) is 0 Å². The summed E-state index contributed by atoms with van der Waals surface area (Å²) >= 11 is 0. The number of hydrogen-bond donors (Lipinski definition) is 1. The highest BCUT2D eigenvalue weighted by molar-refractivity contribution is 5.32. The van der Waals surface area contributed by atoms with Crippen LogP contribution < -0.4 is 10.5 Å². The Morgan fingerprint density at radius 3 is 2.94 bits per heavy atom. The first-order chi connectivity index (χ1) is 8.65. The summed E-state index contributed by atoms with van der Waals surface area (Å²) in [6, 6.07) is 7.93. The van der Waals surface area contributed by atoms with Crippen molar-refractivity contribution in [3.8, 4) is 5.75 Å². The van der Waals surface area contributed by atoms with Gasteiger partial charge in [0.2, 0.25) is 0 Å². The molecule has 1 saturated heterocycles. The van der Waals surface area contributed by atoms with Crippen LogP contribution in [0.2, 0.25) is 0 Å². The quantitative estimate of drug-likeness (QED) is 0.892. The topological polar surface area (TPSA) is 44.5 Å². The van der Waals surface area contributed by atoms with E-state index in [4.69, 9.17) is 15.2 Å². The van der Waals surface area contributed by atoms with Gasteiger partial charge in [-0.1, -0.05) is 12.1 Å². The molecule has 0 aromatic heterocycles. The monoisotopic (exact) mass is 249 g/mol. The van der Waals surface area contributed by atoms with Crippen LogP contribution in [0.25, 0.3) is 0 Å². The van der Waals surface area contributed by atoms with Crippen LogP contribution in [0.3, 0.4) is 0 Å². The number of hydrogen-bond acceptors (Lipinski definition) is 3. The molecule has 0 spiro atoms. The standard InChI is InChI=1S/C15H23NO2/c1-3-17-13-8-6-7-12(11-13)14(16)15(2)9-4-5-10-18-15/h6-8,11,14H,3-5,9-10,16H2,1-2H3. The lowest BCUT2D eigenvalue weighted by Crippen LogP contribution is -2.43. The van der Waals surface area contributed by atoms with Gasteiger partial charge in [0.05, 0.1) is 18.2 Å². The van der Waals surface area contributed by atoms with Gasteiger partial charge in [0.15, 0.2) is 0 Å². The Bertz CT molecular complexity index is 386. The van der Waals surface area contributed by atoms with Crippen molar-refractivity contribution in [1.29, 1.82) is 0 Å². The van der Waals surface area contributed by atoms with E-state index in [0.717, 1.165) is 30.8 Å². The summed E-state index contributed by atoms with van der Waals surface area (Å²) in [4.78, 5) is 0. The van der Waals surface area contributed by atoms with Gasteiger partial charge in [-0.15, -0.1) is 0 Å². The molecule has 3 heteroatoms. The van der Waals surface area contributed by atoms with Gasteiger partial charge in [-0.2, -0.15) is 0 Å². The minimum absolute atomic E-state index is 0.0989. The second-order valence-electron chi connectivity index (χ2n) is 5.10. The van der Waals surface area contributed by atoms with Gasteiger partial charge in [0.1, 0.15) is 5.75 Å². The smallest absolute Gasteiger partial charge is 0.119 e. The van der Waals surface area contributed by atoms with Crippen molar-refractivity contribution in [3.63, 3.8) is 0 Å². The lowest BCUT2D eigenvalue weighted by molar-refractivity contribution is -0.0820. The van der Waals surface area contributed by atoms with Gasteiger partial charge < -0.3 is 15.2 Å². The van der Waals surface area contributed by atoms with E-state index >= 15 is 0 Å². The molecule has 1 aliphatic rings. The van der Waals surface area contributed by atoms with Crippen molar-refractivity contribution < 1.29 is 9.47 Å². The zero-order chi connectivity index (χ0) is 13.0. The SMILES string of the molecule is CCOc1cccc(C(N)C2(C)CCCCO2)c1. The fourth-order valence-electron chi connectivity index (χ4n) is 2.52. The third-order valence-electron chi connectivity index (χ3n) is 3.69. The summed E-state index contributed by atoms with van der Waals surface area (Å²) in [7, 11) is 0. The molecule has 1 fully saturated rings. The van der Waals surface area contributed by atoms with E-state index in [1.54, 1.807) is 0 Å². The summed E-state index contributed by atoms with van der Waals surface area (Å²) < 4.78 is 11.4. The highest BCUT2D eigenvalue weighted by atomic mass is 16.5. The van der Waals surface area contributed by atoms with E-state index in [2.05, 4.69) is 13.0 Å². The molecule has 1 aliphatic heterocycles. The maximum atomic E-state index is 6.39. The van der Waals surface area contributed by atoms with Gasteiger partial charge in [-0.3, -0.25) is 0 Å². The lowest BCUT2D eigenvalue weighted by atomic mass is 9.85. The molecule has 1 aromatic carbocycles. The van der Waals surface area contributed by atoms with E-state index in [9.17, 15) is 0 Å². The molecule has 1 heterocycles. The first-order valence-electron chi connectivity index (χ1n) is 6.78. The maximum absolute atomic E-state index is 6.39. The highest BCUT2D eigenvalue weighted by Gasteiger charge is 2.35. The van der Waals surface area contributed by atoms with Crippen LogP contribution in [0.5, 0.6) is 5.75 Å². The Balaban J connectivity index is 2.16. The first-order valence-corrected chi connectivity index (χ1v) is 6.78. The molecule has 18 heavy (non-hydrogen) atoms. The van der Waals surface area contributed by atoms with Crippen molar-refractivity contribution in [3.05, 3.63) is 29.8 Å². The number of rotatable bonds is 4. The maximum Gasteiger partial charge on any atom is 0.119 e. The molecule has 2 N–H and O–H groups in total. The zero-order valence-electron chi connectivity index (χ0n) is 11.3. The van der Waals surface area contributed by atoms with Crippen molar-refractivity contribution in [1.82, 2.24) is 0 Å². The van der Waals surface area contributed by atoms with Crippen LogP contribution in [0.15, 0.2) is 24.3 Å². The Morgan fingerprint density at radius 2 is 2.28 bits per heavy atom. The van der Waals surface area contributed by atoms with Crippen LogP contribution in [0.4, 0.5) is 0 Å². The van der Waals surface area contributed by atoms with Crippen molar-refractivity contribution in [2.45, 2.75) is 44.8 Å². The van der Waals surface area contributed by atoms with Gasteiger partial charge >= 0.3 is 0 Å². The molecule has 0 saturated carbocycles. The summed E-state index contributed by atoms with van der Waals surface area (Å²) in [6.07, 6.45) is 3.35. The van der Waals surface area contributed by atoms with E-state index in [1.165, 1.54) is 6.42 Å². The average Bonchev–Trinajstić information content (AvgIpc) is 2.39. The molecule has 3 nitrogen and oxygen atoms in total. The van der Waals surface area contributed by atoms with Crippen LogP contribution >= 0.6 is 0 Å². The first kappa shape index (κ1) is 13.4. The fourth-order valence-corrected chi connectivity index (χ4v) is 2.52. The van der Waals surface area contributed by atoms with Crippen molar-refractivity contribution in [2.24, 2.45) is 5.73 Å². The second-order valence-corrected chi connectivity index (χ2v) is 5.10. The summed E-state index contributed by atoms with van der Waals surface area (Å²) in [5, 5.41) is 0. The molecule has 0 amide bonds. The second kappa shape index (κ2) is 5.72. The lowest BCUT2D eigenvalue weighted by Gasteiger charge is -2.39. The van der Waals surface area contributed by atoms with Crippen LogP contribution in [0.1, 0.15) is 44.7 Å². The van der Waals surface area contributed by atoms with E-state index in [0.29, 0.717) is 6.61 Å². The normalized spacial score (nSPS) is 25.7. The molecule has 0 aliphatic carbocycles. The third-order valence-corrected chi connectivity index (χ3v) is 3.69. The Morgan fingerprint density at radius 1 is 1.44 bits per heavy atom. The molecular formula is C15H23NO2. The molecule has 1 aromatic rings. The van der Waals surface area contributed by atoms with Crippen molar-refractivity contribution >= 4 is 0 Å².